The average molecular weight is 256 g/mol. The molecule has 1 aliphatic heterocycles. The average Bonchev–Trinajstić information content (AvgIpc) is 3.08. The monoisotopic (exact) mass is 256 g/mol. The smallest absolute Gasteiger partial charge is 0.202 e. The van der Waals surface area contributed by atoms with Crippen LogP contribution in [0.2, 0.25) is 0 Å². The van der Waals surface area contributed by atoms with Gasteiger partial charge in [0.25, 0.3) is 0 Å². The SMILES string of the molecule is CC1(C(=O)c2cnnn2-c2ccccc2)CCCN1. The molecule has 1 aromatic heterocycles. The van der Waals surface area contributed by atoms with Gasteiger partial charge >= 0.3 is 0 Å². The van der Waals surface area contributed by atoms with Gasteiger partial charge in [-0.1, -0.05) is 23.4 Å². The number of nitrogens with one attached hydrogen (secondary N) is 1. The van der Waals surface area contributed by atoms with E-state index in [2.05, 4.69) is 15.6 Å². The number of carbonyl (C=O) groups excluding carboxylic acids is 1. The number of aromatic nitrogens is 3. The van der Waals surface area contributed by atoms with Crippen LogP contribution in [-0.2, 0) is 0 Å². The second-order valence-corrected chi connectivity index (χ2v) is 5.06. The van der Waals surface area contributed by atoms with E-state index in [-0.39, 0.29) is 5.78 Å². The summed E-state index contributed by atoms with van der Waals surface area (Å²) in [6.07, 6.45) is 3.42. The molecule has 0 spiro atoms. The Labute approximate surface area is 111 Å². The molecule has 1 aliphatic rings. The van der Waals surface area contributed by atoms with Crippen LogP contribution in [-0.4, -0.2) is 32.9 Å². The van der Waals surface area contributed by atoms with Gasteiger partial charge in [0.05, 0.1) is 17.4 Å². The van der Waals surface area contributed by atoms with Crippen LogP contribution in [0.5, 0.6) is 0 Å². The lowest BCUT2D eigenvalue weighted by molar-refractivity contribution is 0.0876. The molecule has 3 rings (SSSR count). The van der Waals surface area contributed by atoms with E-state index in [9.17, 15) is 4.79 Å². The summed E-state index contributed by atoms with van der Waals surface area (Å²) >= 11 is 0. The van der Waals surface area contributed by atoms with Crippen LogP contribution in [0.1, 0.15) is 30.3 Å². The van der Waals surface area contributed by atoms with Crippen LogP contribution in [0.25, 0.3) is 5.69 Å². The lowest BCUT2D eigenvalue weighted by Gasteiger charge is -2.22. The molecule has 1 atom stereocenters. The lowest BCUT2D eigenvalue weighted by atomic mass is 9.93. The van der Waals surface area contributed by atoms with Crippen molar-refractivity contribution in [2.24, 2.45) is 0 Å². The summed E-state index contributed by atoms with van der Waals surface area (Å²) in [6.45, 7) is 2.83. The summed E-state index contributed by atoms with van der Waals surface area (Å²) in [6, 6.07) is 9.59. The van der Waals surface area contributed by atoms with Crippen molar-refractivity contribution in [3.63, 3.8) is 0 Å². The highest BCUT2D eigenvalue weighted by Crippen LogP contribution is 2.24. The number of carbonyl (C=O) groups is 1. The topological polar surface area (TPSA) is 59.8 Å². The van der Waals surface area contributed by atoms with Crippen molar-refractivity contribution in [1.29, 1.82) is 0 Å². The zero-order valence-corrected chi connectivity index (χ0v) is 10.8. The van der Waals surface area contributed by atoms with E-state index < -0.39 is 5.54 Å². The quantitative estimate of drug-likeness (QED) is 0.847. The van der Waals surface area contributed by atoms with Crippen molar-refractivity contribution in [3.8, 4) is 5.69 Å². The van der Waals surface area contributed by atoms with Crippen molar-refractivity contribution in [1.82, 2.24) is 20.3 Å². The molecule has 19 heavy (non-hydrogen) atoms. The van der Waals surface area contributed by atoms with Crippen LogP contribution in [0.4, 0.5) is 0 Å². The highest BCUT2D eigenvalue weighted by atomic mass is 16.1. The second kappa shape index (κ2) is 4.59. The molecule has 5 heteroatoms. The minimum Gasteiger partial charge on any atom is -0.305 e. The summed E-state index contributed by atoms with van der Waals surface area (Å²) in [7, 11) is 0. The summed E-state index contributed by atoms with van der Waals surface area (Å²) in [5.41, 5.74) is 0.891. The van der Waals surface area contributed by atoms with E-state index in [4.69, 9.17) is 0 Å². The molecule has 1 aromatic carbocycles. The molecule has 5 nitrogen and oxygen atoms in total. The molecule has 2 aromatic rings. The predicted octanol–water partition coefficient (Wildman–Crippen LogP) is 1.59. The van der Waals surface area contributed by atoms with Crippen LogP contribution in [0.15, 0.2) is 36.5 Å². The molecule has 0 amide bonds. The Morgan fingerprint density at radius 2 is 2.16 bits per heavy atom. The number of hydrogen-bond acceptors (Lipinski definition) is 4. The maximum Gasteiger partial charge on any atom is 0.202 e. The van der Waals surface area contributed by atoms with Gasteiger partial charge in [-0.05, 0) is 38.4 Å². The number of Topliss-reactive ketones (excluding diaryl/α,β-unsaturated/α-hetero) is 1. The standard InChI is InChI=1S/C14H16N4O/c1-14(8-5-9-15-14)13(19)12-10-16-17-18(12)11-6-3-2-4-7-11/h2-4,6-7,10,15H,5,8-9H2,1H3. The predicted molar refractivity (Wildman–Crippen MR) is 71.3 cm³/mol. The van der Waals surface area contributed by atoms with Gasteiger partial charge in [0.1, 0.15) is 5.69 Å². The molecule has 0 aliphatic carbocycles. The molecule has 0 bridgehead atoms. The normalized spacial score (nSPS) is 22.6. The molecule has 98 valence electrons. The maximum atomic E-state index is 12.7. The number of hydrogen-bond donors (Lipinski definition) is 1. The third-order valence-corrected chi connectivity index (χ3v) is 3.65. The third-order valence-electron chi connectivity index (χ3n) is 3.65. The zero-order chi connectivity index (χ0) is 13.3. The van der Waals surface area contributed by atoms with Crippen LogP contribution >= 0.6 is 0 Å². The number of para-hydroxylation sites is 1. The number of ketones is 1. The van der Waals surface area contributed by atoms with E-state index in [1.54, 1.807) is 10.9 Å². The minimum atomic E-state index is -0.492. The van der Waals surface area contributed by atoms with E-state index in [0.717, 1.165) is 25.1 Å². The molecule has 0 saturated carbocycles. The number of benzene rings is 1. The van der Waals surface area contributed by atoms with Crippen LogP contribution in [0.3, 0.4) is 0 Å². The highest BCUT2D eigenvalue weighted by molar-refractivity contribution is 6.02. The highest BCUT2D eigenvalue weighted by Gasteiger charge is 2.38. The fourth-order valence-electron chi connectivity index (χ4n) is 2.52. The Morgan fingerprint density at radius 1 is 1.37 bits per heavy atom. The third kappa shape index (κ3) is 2.06. The summed E-state index contributed by atoms with van der Waals surface area (Å²) in [4.78, 5) is 12.7. The summed E-state index contributed by atoms with van der Waals surface area (Å²) in [5.74, 6) is 0.0545. The Kier molecular flexibility index (Phi) is 2.91. The number of rotatable bonds is 3. The Balaban J connectivity index is 1.99. The van der Waals surface area contributed by atoms with Gasteiger partial charge in [-0.25, -0.2) is 4.68 Å². The molecule has 1 N–H and O–H groups in total. The number of nitrogens with zero attached hydrogens (tertiary/aromatic N) is 3. The first-order valence-electron chi connectivity index (χ1n) is 6.47. The first-order valence-corrected chi connectivity index (χ1v) is 6.47. The maximum absolute atomic E-state index is 12.7. The van der Waals surface area contributed by atoms with Gasteiger partial charge in [-0.2, -0.15) is 0 Å². The van der Waals surface area contributed by atoms with Gasteiger partial charge in [0, 0.05) is 0 Å². The van der Waals surface area contributed by atoms with Crippen molar-refractivity contribution >= 4 is 5.78 Å². The Hall–Kier alpha value is -2.01. The first-order chi connectivity index (χ1) is 9.21. The molecular weight excluding hydrogens is 240 g/mol. The molecule has 1 fully saturated rings. The van der Waals surface area contributed by atoms with E-state index in [0.29, 0.717) is 5.69 Å². The van der Waals surface area contributed by atoms with Crippen LogP contribution < -0.4 is 5.32 Å². The fraction of sp³-hybridized carbons (Fsp3) is 0.357. The Bertz CT molecular complexity index is 585. The van der Waals surface area contributed by atoms with Crippen molar-refractivity contribution < 1.29 is 4.79 Å². The molecular formula is C14H16N4O. The van der Waals surface area contributed by atoms with Gasteiger partial charge < -0.3 is 5.32 Å². The van der Waals surface area contributed by atoms with Gasteiger partial charge in [-0.3, -0.25) is 4.79 Å². The minimum absolute atomic E-state index is 0.0545. The van der Waals surface area contributed by atoms with Gasteiger partial charge in [0.2, 0.25) is 5.78 Å². The van der Waals surface area contributed by atoms with Crippen molar-refractivity contribution in [2.75, 3.05) is 6.54 Å². The summed E-state index contributed by atoms with van der Waals surface area (Å²) in [5, 5.41) is 11.2. The van der Waals surface area contributed by atoms with E-state index in [1.165, 1.54) is 0 Å². The molecule has 1 saturated heterocycles. The zero-order valence-electron chi connectivity index (χ0n) is 10.8. The van der Waals surface area contributed by atoms with E-state index in [1.807, 2.05) is 37.3 Å². The largest absolute Gasteiger partial charge is 0.305 e. The fourth-order valence-corrected chi connectivity index (χ4v) is 2.52. The second-order valence-electron chi connectivity index (χ2n) is 5.06. The summed E-state index contributed by atoms with van der Waals surface area (Å²) < 4.78 is 1.60. The van der Waals surface area contributed by atoms with Gasteiger partial charge in [0.15, 0.2) is 0 Å². The first kappa shape index (κ1) is 12.0. The molecule has 2 heterocycles. The lowest BCUT2D eigenvalue weighted by Crippen LogP contribution is -2.45. The van der Waals surface area contributed by atoms with E-state index >= 15 is 0 Å². The molecule has 0 radical (unpaired) electrons. The van der Waals surface area contributed by atoms with Crippen LogP contribution in [0, 0.1) is 0 Å². The Morgan fingerprint density at radius 3 is 2.84 bits per heavy atom. The van der Waals surface area contributed by atoms with Crippen molar-refractivity contribution in [3.05, 3.63) is 42.2 Å². The van der Waals surface area contributed by atoms with Gasteiger partial charge in [-0.15, -0.1) is 5.10 Å². The molecule has 1 unspecified atom stereocenters. The van der Waals surface area contributed by atoms with Crippen molar-refractivity contribution in [2.45, 2.75) is 25.3 Å².